The van der Waals surface area contributed by atoms with Crippen molar-refractivity contribution < 1.29 is 23.7 Å². The number of rotatable bonds is 10. The molecule has 3 aromatic carbocycles. The normalized spacial score (nSPS) is 10.6. The number of aromatic nitrogens is 2. The van der Waals surface area contributed by atoms with Gasteiger partial charge in [-0.15, -0.1) is 0 Å². The summed E-state index contributed by atoms with van der Waals surface area (Å²) in [6.07, 6.45) is 0. The van der Waals surface area contributed by atoms with Gasteiger partial charge in [0, 0.05) is 5.56 Å². The van der Waals surface area contributed by atoms with Gasteiger partial charge in [0.1, 0.15) is 6.61 Å². The Morgan fingerprint density at radius 3 is 2.24 bits per heavy atom. The van der Waals surface area contributed by atoms with Crippen molar-refractivity contribution in [2.24, 2.45) is 0 Å². The fourth-order valence-corrected chi connectivity index (χ4v) is 4.07. The van der Waals surface area contributed by atoms with E-state index in [4.69, 9.17) is 18.9 Å². The standard InChI is InChI=1S/C29H31N3O5/c1-19-28(20(2)32(31-19)17-21-13-14-25(35-4)27(16-21)36-5)30-29(33)23-10-8-9-22(15-23)18-37-26-12-7-6-11-24(26)34-3/h6-16H,17-18H2,1-5H3,(H,30,33). The molecule has 0 aliphatic rings. The molecule has 0 saturated heterocycles. The first-order valence-corrected chi connectivity index (χ1v) is 11.8. The van der Waals surface area contributed by atoms with Crippen molar-refractivity contribution in [2.45, 2.75) is 27.0 Å². The van der Waals surface area contributed by atoms with E-state index in [9.17, 15) is 4.79 Å². The van der Waals surface area contributed by atoms with Crippen LogP contribution in [0.5, 0.6) is 23.0 Å². The van der Waals surface area contributed by atoms with Gasteiger partial charge in [-0.3, -0.25) is 9.48 Å². The Bertz CT molecular complexity index is 1400. The molecule has 0 radical (unpaired) electrons. The van der Waals surface area contributed by atoms with Gasteiger partial charge < -0.3 is 24.3 Å². The number of methoxy groups -OCH3 is 3. The van der Waals surface area contributed by atoms with Gasteiger partial charge in [-0.25, -0.2) is 0 Å². The predicted octanol–water partition coefficient (Wildman–Crippen LogP) is 5.41. The van der Waals surface area contributed by atoms with Crippen molar-refractivity contribution in [3.8, 4) is 23.0 Å². The summed E-state index contributed by atoms with van der Waals surface area (Å²) in [5.74, 6) is 2.42. The molecule has 1 amide bonds. The Balaban J connectivity index is 1.46. The lowest BCUT2D eigenvalue weighted by atomic mass is 10.1. The van der Waals surface area contributed by atoms with E-state index in [1.165, 1.54) is 0 Å². The molecule has 0 fully saturated rings. The Morgan fingerprint density at radius 2 is 1.51 bits per heavy atom. The smallest absolute Gasteiger partial charge is 0.255 e. The number of benzene rings is 3. The van der Waals surface area contributed by atoms with Gasteiger partial charge in [0.15, 0.2) is 23.0 Å². The Hall–Kier alpha value is -4.46. The van der Waals surface area contributed by atoms with Gasteiger partial charge in [-0.1, -0.05) is 30.3 Å². The predicted molar refractivity (Wildman–Crippen MR) is 142 cm³/mol. The fourth-order valence-electron chi connectivity index (χ4n) is 4.07. The molecule has 1 heterocycles. The maximum absolute atomic E-state index is 13.1. The molecule has 0 aliphatic carbocycles. The average Bonchev–Trinajstić information content (AvgIpc) is 3.19. The van der Waals surface area contributed by atoms with E-state index >= 15 is 0 Å². The summed E-state index contributed by atoms with van der Waals surface area (Å²) in [6.45, 7) is 4.65. The highest BCUT2D eigenvalue weighted by molar-refractivity contribution is 6.05. The Morgan fingerprint density at radius 1 is 0.811 bits per heavy atom. The third kappa shape index (κ3) is 5.86. The molecule has 37 heavy (non-hydrogen) atoms. The molecule has 8 nitrogen and oxygen atoms in total. The van der Waals surface area contributed by atoms with Gasteiger partial charge in [0.2, 0.25) is 0 Å². The largest absolute Gasteiger partial charge is 0.493 e. The molecule has 0 bridgehead atoms. The molecule has 0 aliphatic heterocycles. The van der Waals surface area contributed by atoms with Gasteiger partial charge in [0.05, 0.1) is 44.9 Å². The minimum Gasteiger partial charge on any atom is -0.493 e. The van der Waals surface area contributed by atoms with Gasteiger partial charge in [0.25, 0.3) is 5.91 Å². The number of nitrogens with zero attached hydrogens (tertiary/aromatic N) is 2. The van der Waals surface area contributed by atoms with Crippen LogP contribution >= 0.6 is 0 Å². The quantitative estimate of drug-likeness (QED) is 0.313. The zero-order valence-corrected chi connectivity index (χ0v) is 21.7. The van der Waals surface area contributed by atoms with Crippen LogP contribution in [0.4, 0.5) is 5.69 Å². The molecule has 0 spiro atoms. The summed E-state index contributed by atoms with van der Waals surface area (Å²) in [6, 6.07) is 20.6. The molecular weight excluding hydrogens is 470 g/mol. The fraction of sp³-hybridized carbons (Fsp3) is 0.241. The summed E-state index contributed by atoms with van der Waals surface area (Å²) in [4.78, 5) is 13.1. The zero-order chi connectivity index (χ0) is 26.4. The summed E-state index contributed by atoms with van der Waals surface area (Å²) in [5.41, 5.74) is 4.70. The number of nitrogens with one attached hydrogen (secondary N) is 1. The Kier molecular flexibility index (Phi) is 7.98. The summed E-state index contributed by atoms with van der Waals surface area (Å²) >= 11 is 0. The number of para-hydroxylation sites is 2. The number of amides is 1. The first kappa shape index (κ1) is 25.6. The van der Waals surface area contributed by atoms with Crippen LogP contribution < -0.4 is 24.3 Å². The van der Waals surface area contributed by atoms with Crippen molar-refractivity contribution in [2.75, 3.05) is 26.6 Å². The molecule has 8 heteroatoms. The zero-order valence-electron chi connectivity index (χ0n) is 21.7. The number of aryl methyl sites for hydroxylation is 1. The lowest BCUT2D eigenvalue weighted by molar-refractivity contribution is 0.102. The Labute approximate surface area is 216 Å². The minimum absolute atomic E-state index is 0.212. The van der Waals surface area contributed by atoms with E-state index in [2.05, 4.69) is 10.4 Å². The number of hydrogen-bond acceptors (Lipinski definition) is 6. The van der Waals surface area contributed by atoms with Gasteiger partial charge in [-0.05, 0) is 61.4 Å². The molecular formula is C29H31N3O5. The number of anilines is 1. The van der Waals surface area contributed by atoms with Crippen LogP contribution in [0.1, 0.15) is 32.9 Å². The number of carbonyl (C=O) groups is 1. The number of carbonyl (C=O) groups excluding carboxylic acids is 1. The van der Waals surface area contributed by atoms with Crippen LogP contribution in [-0.4, -0.2) is 37.0 Å². The first-order chi connectivity index (χ1) is 17.9. The molecule has 1 N–H and O–H groups in total. The highest BCUT2D eigenvalue weighted by atomic mass is 16.5. The molecule has 4 aromatic rings. The lowest BCUT2D eigenvalue weighted by Gasteiger charge is -2.12. The average molecular weight is 502 g/mol. The minimum atomic E-state index is -0.212. The number of ether oxygens (including phenoxy) is 4. The second kappa shape index (κ2) is 11.5. The third-order valence-electron chi connectivity index (χ3n) is 6.05. The van der Waals surface area contributed by atoms with E-state index in [1.54, 1.807) is 27.4 Å². The topological polar surface area (TPSA) is 83.8 Å². The summed E-state index contributed by atoms with van der Waals surface area (Å²) < 4.78 is 23.8. The SMILES string of the molecule is COc1ccc(Cn2nc(C)c(NC(=O)c3cccc(COc4ccccc4OC)c3)c2C)cc1OC. The second-order valence-corrected chi connectivity index (χ2v) is 8.49. The molecule has 0 unspecified atom stereocenters. The maximum Gasteiger partial charge on any atom is 0.255 e. The van der Waals surface area contributed by atoms with Crippen LogP contribution in [0.25, 0.3) is 0 Å². The van der Waals surface area contributed by atoms with Crippen molar-refractivity contribution >= 4 is 11.6 Å². The molecule has 4 rings (SSSR count). The molecule has 1 aromatic heterocycles. The van der Waals surface area contributed by atoms with Crippen LogP contribution in [0.3, 0.4) is 0 Å². The van der Waals surface area contributed by atoms with Crippen LogP contribution in [0.15, 0.2) is 66.7 Å². The monoisotopic (exact) mass is 501 g/mol. The van der Waals surface area contributed by atoms with E-state index in [0.29, 0.717) is 47.4 Å². The lowest BCUT2D eigenvalue weighted by Crippen LogP contribution is -2.14. The van der Waals surface area contributed by atoms with Crippen molar-refractivity contribution in [1.29, 1.82) is 0 Å². The van der Waals surface area contributed by atoms with E-state index in [1.807, 2.05) is 79.2 Å². The van der Waals surface area contributed by atoms with Gasteiger partial charge in [-0.2, -0.15) is 5.10 Å². The van der Waals surface area contributed by atoms with Crippen molar-refractivity contribution in [1.82, 2.24) is 9.78 Å². The third-order valence-corrected chi connectivity index (χ3v) is 6.05. The van der Waals surface area contributed by atoms with Crippen LogP contribution in [0.2, 0.25) is 0 Å². The van der Waals surface area contributed by atoms with Crippen LogP contribution in [0, 0.1) is 13.8 Å². The summed E-state index contributed by atoms with van der Waals surface area (Å²) in [5, 5.41) is 7.68. The van der Waals surface area contributed by atoms with Crippen molar-refractivity contribution in [3.63, 3.8) is 0 Å². The van der Waals surface area contributed by atoms with Crippen LogP contribution in [-0.2, 0) is 13.2 Å². The molecule has 192 valence electrons. The molecule has 0 atom stereocenters. The maximum atomic E-state index is 13.1. The van der Waals surface area contributed by atoms with Crippen molar-refractivity contribution in [3.05, 3.63) is 94.8 Å². The molecule has 0 saturated carbocycles. The highest BCUT2D eigenvalue weighted by Gasteiger charge is 2.17. The second-order valence-electron chi connectivity index (χ2n) is 8.49. The number of hydrogen-bond donors (Lipinski definition) is 1. The van der Waals surface area contributed by atoms with E-state index in [-0.39, 0.29) is 5.91 Å². The van der Waals surface area contributed by atoms with E-state index < -0.39 is 0 Å². The van der Waals surface area contributed by atoms with Gasteiger partial charge >= 0.3 is 0 Å². The summed E-state index contributed by atoms with van der Waals surface area (Å²) in [7, 11) is 4.82. The highest BCUT2D eigenvalue weighted by Crippen LogP contribution is 2.29. The first-order valence-electron chi connectivity index (χ1n) is 11.8. The van der Waals surface area contributed by atoms with E-state index in [0.717, 1.165) is 22.5 Å².